The number of benzene rings is 1. The lowest BCUT2D eigenvalue weighted by Gasteiger charge is -2.10. The minimum absolute atomic E-state index is 0.0773. The van der Waals surface area contributed by atoms with Gasteiger partial charge in [-0.1, -0.05) is 0 Å². The Morgan fingerprint density at radius 3 is 2.75 bits per heavy atom. The smallest absolute Gasteiger partial charge is 0.238 e. The van der Waals surface area contributed by atoms with Crippen molar-refractivity contribution < 1.29 is 8.42 Å². The average Bonchev–Trinajstić information content (AvgIpc) is 2.83. The van der Waals surface area contributed by atoms with Gasteiger partial charge in [-0.3, -0.25) is 4.68 Å². The van der Waals surface area contributed by atoms with Crippen LogP contribution in [-0.4, -0.2) is 18.2 Å². The molecule has 0 saturated carbocycles. The topological polar surface area (TPSA) is 90.0 Å². The molecule has 0 aliphatic rings. The van der Waals surface area contributed by atoms with E-state index in [2.05, 4.69) is 26.3 Å². The van der Waals surface area contributed by atoms with Gasteiger partial charge < -0.3 is 5.32 Å². The maximum absolute atomic E-state index is 11.2. The Morgan fingerprint density at radius 2 is 2.15 bits per heavy atom. The second-order valence-corrected chi connectivity index (χ2v) is 6.59. The van der Waals surface area contributed by atoms with E-state index in [0.29, 0.717) is 11.0 Å². The lowest BCUT2D eigenvalue weighted by molar-refractivity contribution is 0.598. The van der Waals surface area contributed by atoms with Crippen molar-refractivity contribution in [3.8, 4) is 0 Å². The number of anilines is 1. The fourth-order valence-electron chi connectivity index (χ4n) is 1.80. The third-order valence-corrected chi connectivity index (χ3v) is 4.40. The molecule has 0 aliphatic carbocycles. The van der Waals surface area contributed by atoms with Crippen LogP contribution >= 0.6 is 15.9 Å². The lowest BCUT2D eigenvalue weighted by atomic mass is 10.3. The van der Waals surface area contributed by atoms with E-state index in [1.807, 2.05) is 17.7 Å². The van der Waals surface area contributed by atoms with Crippen LogP contribution in [0, 0.1) is 0 Å². The molecule has 1 aromatic carbocycles. The highest BCUT2D eigenvalue weighted by molar-refractivity contribution is 9.10. The number of sulfonamides is 1. The summed E-state index contributed by atoms with van der Waals surface area (Å²) < 4.78 is 25.0. The second-order valence-electron chi connectivity index (χ2n) is 4.18. The summed E-state index contributed by atoms with van der Waals surface area (Å²) in [5.41, 5.74) is 1.84. The number of rotatable bonds is 5. The second kappa shape index (κ2) is 5.94. The van der Waals surface area contributed by atoms with Gasteiger partial charge in [0.2, 0.25) is 10.0 Å². The first-order chi connectivity index (χ1) is 9.41. The summed E-state index contributed by atoms with van der Waals surface area (Å²) in [4.78, 5) is 0.0773. The van der Waals surface area contributed by atoms with Crippen molar-refractivity contribution in [2.45, 2.75) is 24.9 Å². The number of halogens is 1. The maximum Gasteiger partial charge on any atom is 0.238 e. The van der Waals surface area contributed by atoms with Crippen LogP contribution < -0.4 is 10.5 Å². The van der Waals surface area contributed by atoms with Gasteiger partial charge in [0.25, 0.3) is 0 Å². The van der Waals surface area contributed by atoms with Gasteiger partial charge in [-0.2, -0.15) is 5.10 Å². The summed E-state index contributed by atoms with van der Waals surface area (Å²) >= 11 is 3.33. The van der Waals surface area contributed by atoms with E-state index in [9.17, 15) is 8.42 Å². The number of hydrogen-bond acceptors (Lipinski definition) is 4. The monoisotopic (exact) mass is 358 g/mol. The average molecular weight is 359 g/mol. The van der Waals surface area contributed by atoms with E-state index in [1.54, 1.807) is 12.3 Å². The fraction of sp³-hybridized carbons (Fsp3) is 0.250. The van der Waals surface area contributed by atoms with Crippen molar-refractivity contribution in [3.05, 3.63) is 40.6 Å². The van der Waals surface area contributed by atoms with Crippen LogP contribution in [-0.2, 0) is 23.1 Å². The molecule has 3 N–H and O–H groups in total. The number of nitrogens with zero attached hydrogens (tertiary/aromatic N) is 2. The first-order valence-corrected chi connectivity index (χ1v) is 8.32. The van der Waals surface area contributed by atoms with E-state index in [0.717, 1.165) is 17.9 Å². The zero-order valence-corrected chi connectivity index (χ0v) is 13.3. The summed E-state index contributed by atoms with van der Waals surface area (Å²) in [6, 6.07) is 6.56. The molecule has 0 bridgehead atoms. The molecule has 0 spiro atoms. The first-order valence-electron chi connectivity index (χ1n) is 5.98. The van der Waals surface area contributed by atoms with Gasteiger partial charge in [-0.15, -0.1) is 0 Å². The molecule has 20 heavy (non-hydrogen) atoms. The number of nitrogens with one attached hydrogen (secondary N) is 1. The van der Waals surface area contributed by atoms with Crippen LogP contribution in [0.25, 0.3) is 0 Å². The molecule has 0 fully saturated rings. The highest BCUT2D eigenvalue weighted by Gasteiger charge is 2.10. The molecule has 0 amide bonds. The summed E-state index contributed by atoms with van der Waals surface area (Å²) in [6.45, 7) is 3.42. The van der Waals surface area contributed by atoms with E-state index >= 15 is 0 Å². The van der Waals surface area contributed by atoms with Crippen LogP contribution in [0.1, 0.15) is 12.6 Å². The number of aromatic nitrogens is 2. The summed E-state index contributed by atoms with van der Waals surface area (Å²) in [6.07, 6.45) is 1.75. The molecule has 8 heteroatoms. The predicted molar refractivity (Wildman–Crippen MR) is 80.7 cm³/mol. The van der Waals surface area contributed by atoms with Crippen LogP contribution in [0.15, 0.2) is 39.8 Å². The lowest BCUT2D eigenvalue weighted by Crippen LogP contribution is -2.12. The molecule has 108 valence electrons. The van der Waals surface area contributed by atoms with Crippen molar-refractivity contribution >= 4 is 31.6 Å². The Kier molecular flexibility index (Phi) is 4.46. The molecule has 2 aromatic rings. The van der Waals surface area contributed by atoms with Gasteiger partial charge in [0.15, 0.2) is 0 Å². The molecule has 1 heterocycles. The largest absolute Gasteiger partial charge is 0.378 e. The van der Waals surface area contributed by atoms with Crippen LogP contribution in [0.5, 0.6) is 0 Å². The summed E-state index contributed by atoms with van der Waals surface area (Å²) in [7, 11) is -3.68. The Morgan fingerprint density at radius 1 is 1.40 bits per heavy atom. The van der Waals surface area contributed by atoms with E-state index < -0.39 is 10.0 Å². The molecule has 0 atom stereocenters. The van der Waals surface area contributed by atoms with Crippen molar-refractivity contribution in [3.63, 3.8) is 0 Å². The van der Waals surface area contributed by atoms with Crippen LogP contribution in [0.2, 0.25) is 0 Å². The molecular weight excluding hydrogens is 344 g/mol. The molecule has 0 unspecified atom stereocenters. The highest BCUT2D eigenvalue weighted by Crippen LogP contribution is 2.25. The molecular formula is C12H15BrN4O2S. The third kappa shape index (κ3) is 3.38. The quantitative estimate of drug-likeness (QED) is 0.854. The summed E-state index contributed by atoms with van der Waals surface area (Å²) in [5, 5.41) is 12.5. The Balaban J connectivity index is 2.15. The fourth-order valence-corrected chi connectivity index (χ4v) is 3.01. The molecule has 0 radical (unpaired) electrons. The number of aryl methyl sites for hydroxylation is 1. The zero-order valence-electron chi connectivity index (χ0n) is 10.9. The molecule has 6 nitrogen and oxygen atoms in total. The molecule has 0 saturated heterocycles. The minimum atomic E-state index is -3.68. The van der Waals surface area contributed by atoms with E-state index in [4.69, 9.17) is 5.14 Å². The number of nitrogens with two attached hydrogens (primary N) is 1. The van der Waals surface area contributed by atoms with Crippen molar-refractivity contribution in [1.29, 1.82) is 0 Å². The van der Waals surface area contributed by atoms with Gasteiger partial charge in [-0.05, 0) is 47.1 Å². The Bertz CT molecular complexity index is 712. The maximum atomic E-state index is 11.2. The molecule has 0 aliphatic heterocycles. The number of primary sulfonamides is 1. The minimum Gasteiger partial charge on any atom is -0.378 e. The molecule has 1 aromatic heterocycles. The van der Waals surface area contributed by atoms with Crippen LogP contribution in [0.3, 0.4) is 0 Å². The Hall–Kier alpha value is -1.38. The van der Waals surface area contributed by atoms with Gasteiger partial charge >= 0.3 is 0 Å². The first kappa shape index (κ1) is 15.0. The van der Waals surface area contributed by atoms with Gasteiger partial charge in [0, 0.05) is 22.9 Å². The Labute approximate surface area is 126 Å². The standard InChI is InChI=1S/C12H15BrN4O2S/c1-2-17-9(5-6-16-17)8-15-12-4-3-10(7-11(12)13)20(14,18)19/h3-7,15H,2,8H2,1H3,(H2,14,18,19). The highest BCUT2D eigenvalue weighted by atomic mass is 79.9. The van der Waals surface area contributed by atoms with E-state index in [1.165, 1.54) is 12.1 Å². The zero-order chi connectivity index (χ0) is 14.8. The van der Waals surface area contributed by atoms with Gasteiger partial charge in [-0.25, -0.2) is 13.6 Å². The van der Waals surface area contributed by atoms with Gasteiger partial charge in [0.05, 0.1) is 17.1 Å². The van der Waals surface area contributed by atoms with Crippen molar-refractivity contribution in [1.82, 2.24) is 9.78 Å². The van der Waals surface area contributed by atoms with Gasteiger partial charge in [0.1, 0.15) is 0 Å². The number of hydrogen-bond donors (Lipinski definition) is 2. The SMILES string of the molecule is CCn1nccc1CNc1ccc(S(N)(=O)=O)cc1Br. The molecule has 2 rings (SSSR count). The van der Waals surface area contributed by atoms with Crippen LogP contribution in [0.4, 0.5) is 5.69 Å². The van der Waals surface area contributed by atoms with Crippen molar-refractivity contribution in [2.24, 2.45) is 5.14 Å². The van der Waals surface area contributed by atoms with E-state index in [-0.39, 0.29) is 4.90 Å². The van der Waals surface area contributed by atoms with Crippen molar-refractivity contribution in [2.75, 3.05) is 5.32 Å². The predicted octanol–water partition coefficient (Wildman–Crippen LogP) is 1.93. The summed E-state index contributed by atoms with van der Waals surface area (Å²) in [5.74, 6) is 0. The normalized spacial score (nSPS) is 11.6. The third-order valence-electron chi connectivity index (χ3n) is 2.83.